The molecule has 0 heterocycles. The minimum atomic E-state index is -0.416. The van der Waals surface area contributed by atoms with Crippen molar-refractivity contribution in [1.82, 2.24) is 0 Å². The molecule has 0 bridgehead atoms. The summed E-state index contributed by atoms with van der Waals surface area (Å²) in [5, 5.41) is 0. The Morgan fingerprint density at radius 3 is 2.61 bits per heavy atom. The van der Waals surface area contributed by atoms with Crippen molar-refractivity contribution < 1.29 is 9.18 Å². The quantitative estimate of drug-likeness (QED) is 0.714. The second-order valence-electron chi connectivity index (χ2n) is 5.45. The Labute approximate surface area is 116 Å². The van der Waals surface area contributed by atoms with Gasteiger partial charge in [-0.2, -0.15) is 0 Å². The fourth-order valence-electron chi connectivity index (χ4n) is 2.69. The standard InChI is InChI=1S/C15H18BrFO/c1-9-3-4-11(7-10(9)2)15(18)13-6-5-12(16)8-14(13)17/h5-6,8-11H,3-4,7H2,1-2H3. The molecule has 18 heavy (non-hydrogen) atoms. The van der Waals surface area contributed by atoms with Gasteiger partial charge in [-0.25, -0.2) is 4.39 Å². The molecule has 98 valence electrons. The molecule has 0 aromatic heterocycles. The number of rotatable bonds is 2. The molecule has 1 aliphatic carbocycles. The third kappa shape index (κ3) is 2.82. The van der Waals surface area contributed by atoms with Gasteiger partial charge in [0.1, 0.15) is 5.82 Å². The highest BCUT2D eigenvalue weighted by Crippen LogP contribution is 2.35. The molecule has 3 atom stereocenters. The molecule has 0 radical (unpaired) electrons. The van der Waals surface area contributed by atoms with Gasteiger partial charge in [-0.15, -0.1) is 0 Å². The third-order valence-electron chi connectivity index (χ3n) is 4.17. The molecule has 1 aliphatic rings. The zero-order valence-electron chi connectivity index (χ0n) is 10.7. The van der Waals surface area contributed by atoms with Gasteiger partial charge >= 0.3 is 0 Å². The summed E-state index contributed by atoms with van der Waals surface area (Å²) in [6.07, 6.45) is 2.84. The maximum absolute atomic E-state index is 13.8. The second-order valence-corrected chi connectivity index (χ2v) is 6.37. The summed E-state index contributed by atoms with van der Waals surface area (Å²) >= 11 is 3.21. The number of carbonyl (C=O) groups excluding carboxylic acids is 1. The minimum Gasteiger partial charge on any atom is -0.294 e. The Morgan fingerprint density at radius 2 is 2.00 bits per heavy atom. The van der Waals surface area contributed by atoms with Crippen molar-refractivity contribution in [3.8, 4) is 0 Å². The Balaban J connectivity index is 2.16. The van der Waals surface area contributed by atoms with Crippen LogP contribution >= 0.6 is 15.9 Å². The van der Waals surface area contributed by atoms with E-state index in [0.717, 1.165) is 19.3 Å². The summed E-state index contributed by atoms with van der Waals surface area (Å²) in [6, 6.07) is 4.68. The molecule has 0 aliphatic heterocycles. The summed E-state index contributed by atoms with van der Waals surface area (Å²) in [6.45, 7) is 4.41. The molecule has 1 aromatic carbocycles. The summed E-state index contributed by atoms with van der Waals surface area (Å²) < 4.78 is 14.4. The van der Waals surface area contributed by atoms with Crippen LogP contribution in [0.1, 0.15) is 43.5 Å². The van der Waals surface area contributed by atoms with E-state index < -0.39 is 5.82 Å². The number of carbonyl (C=O) groups is 1. The van der Waals surface area contributed by atoms with Crippen LogP contribution in [-0.4, -0.2) is 5.78 Å². The van der Waals surface area contributed by atoms with Gasteiger partial charge in [0, 0.05) is 10.4 Å². The average Bonchev–Trinajstić information content (AvgIpc) is 2.32. The van der Waals surface area contributed by atoms with Crippen molar-refractivity contribution in [3.63, 3.8) is 0 Å². The summed E-state index contributed by atoms with van der Waals surface area (Å²) in [4.78, 5) is 12.3. The number of hydrogen-bond donors (Lipinski definition) is 0. The van der Waals surface area contributed by atoms with Gasteiger partial charge in [0.2, 0.25) is 0 Å². The van der Waals surface area contributed by atoms with Crippen molar-refractivity contribution in [2.45, 2.75) is 33.1 Å². The zero-order valence-corrected chi connectivity index (χ0v) is 12.3. The van der Waals surface area contributed by atoms with E-state index in [-0.39, 0.29) is 17.3 Å². The molecule has 3 unspecified atom stereocenters. The van der Waals surface area contributed by atoms with Gasteiger partial charge < -0.3 is 0 Å². The third-order valence-corrected chi connectivity index (χ3v) is 4.66. The minimum absolute atomic E-state index is 0.00752. The van der Waals surface area contributed by atoms with Crippen LogP contribution < -0.4 is 0 Å². The van der Waals surface area contributed by atoms with Gasteiger partial charge in [-0.3, -0.25) is 4.79 Å². The SMILES string of the molecule is CC1CCC(C(=O)c2ccc(Br)cc2F)CC1C. The lowest BCUT2D eigenvalue weighted by Crippen LogP contribution is -2.27. The van der Waals surface area contributed by atoms with E-state index in [1.54, 1.807) is 12.1 Å². The lowest BCUT2D eigenvalue weighted by molar-refractivity contribution is 0.0833. The fraction of sp³-hybridized carbons (Fsp3) is 0.533. The molecule has 1 saturated carbocycles. The predicted octanol–water partition coefficient (Wildman–Crippen LogP) is 4.84. The molecule has 1 aromatic rings. The molecule has 0 N–H and O–H groups in total. The molecule has 1 nitrogen and oxygen atoms in total. The van der Waals surface area contributed by atoms with Crippen molar-refractivity contribution in [1.29, 1.82) is 0 Å². The molecular weight excluding hydrogens is 295 g/mol. The summed E-state index contributed by atoms with van der Waals surface area (Å²) in [7, 11) is 0. The van der Waals surface area contributed by atoms with Gasteiger partial charge in [0.15, 0.2) is 5.78 Å². The van der Waals surface area contributed by atoms with Crippen molar-refractivity contribution in [2.75, 3.05) is 0 Å². The van der Waals surface area contributed by atoms with Crippen LogP contribution in [0, 0.1) is 23.6 Å². The molecule has 0 saturated heterocycles. The van der Waals surface area contributed by atoms with E-state index >= 15 is 0 Å². The maximum Gasteiger partial charge on any atom is 0.168 e. The second kappa shape index (κ2) is 5.52. The number of hydrogen-bond acceptors (Lipinski definition) is 1. The number of benzene rings is 1. The van der Waals surface area contributed by atoms with Gasteiger partial charge in [0.25, 0.3) is 0 Å². The van der Waals surface area contributed by atoms with E-state index in [2.05, 4.69) is 29.8 Å². The molecule has 0 amide bonds. The number of Topliss-reactive ketones (excluding diaryl/α,β-unsaturated/α-hetero) is 1. The first-order valence-corrected chi connectivity index (χ1v) is 7.27. The highest BCUT2D eigenvalue weighted by atomic mass is 79.9. The summed E-state index contributed by atoms with van der Waals surface area (Å²) in [5.74, 6) is 0.765. The van der Waals surface area contributed by atoms with Gasteiger partial charge in [-0.05, 0) is 49.3 Å². The Kier molecular flexibility index (Phi) is 4.21. The number of halogens is 2. The maximum atomic E-state index is 13.8. The Bertz CT molecular complexity index is 458. The molecule has 3 heteroatoms. The first-order chi connectivity index (χ1) is 8.49. The molecular formula is C15H18BrFO. The highest BCUT2D eigenvalue weighted by Gasteiger charge is 2.30. The molecule has 0 spiro atoms. The Morgan fingerprint density at radius 1 is 1.28 bits per heavy atom. The molecule has 1 fully saturated rings. The first-order valence-electron chi connectivity index (χ1n) is 6.48. The predicted molar refractivity (Wildman–Crippen MR) is 74.1 cm³/mol. The van der Waals surface area contributed by atoms with Crippen LogP contribution in [0.5, 0.6) is 0 Å². The summed E-state index contributed by atoms with van der Waals surface area (Å²) in [5.41, 5.74) is 0.241. The van der Waals surface area contributed by atoms with Crippen LogP contribution in [0.25, 0.3) is 0 Å². The van der Waals surface area contributed by atoms with Crippen LogP contribution in [0.4, 0.5) is 4.39 Å². The van der Waals surface area contributed by atoms with E-state index in [0.29, 0.717) is 16.3 Å². The number of ketones is 1. The van der Waals surface area contributed by atoms with Crippen LogP contribution in [0.15, 0.2) is 22.7 Å². The van der Waals surface area contributed by atoms with Crippen LogP contribution in [-0.2, 0) is 0 Å². The smallest absolute Gasteiger partial charge is 0.168 e. The van der Waals surface area contributed by atoms with Crippen molar-refractivity contribution in [2.24, 2.45) is 17.8 Å². The van der Waals surface area contributed by atoms with E-state index in [9.17, 15) is 9.18 Å². The largest absolute Gasteiger partial charge is 0.294 e. The van der Waals surface area contributed by atoms with Crippen LogP contribution in [0.3, 0.4) is 0 Å². The van der Waals surface area contributed by atoms with Crippen molar-refractivity contribution >= 4 is 21.7 Å². The van der Waals surface area contributed by atoms with Crippen LogP contribution in [0.2, 0.25) is 0 Å². The lowest BCUT2D eigenvalue weighted by Gasteiger charge is -2.31. The van der Waals surface area contributed by atoms with E-state index in [1.807, 2.05) is 0 Å². The van der Waals surface area contributed by atoms with Crippen molar-refractivity contribution in [3.05, 3.63) is 34.1 Å². The monoisotopic (exact) mass is 312 g/mol. The highest BCUT2D eigenvalue weighted by molar-refractivity contribution is 9.10. The Hall–Kier alpha value is -0.700. The fourth-order valence-corrected chi connectivity index (χ4v) is 3.03. The lowest BCUT2D eigenvalue weighted by atomic mass is 9.73. The van der Waals surface area contributed by atoms with E-state index in [1.165, 1.54) is 6.07 Å². The topological polar surface area (TPSA) is 17.1 Å². The van der Waals surface area contributed by atoms with Gasteiger partial charge in [-0.1, -0.05) is 29.8 Å². The average molecular weight is 313 g/mol. The zero-order chi connectivity index (χ0) is 13.3. The molecule has 2 rings (SSSR count). The van der Waals surface area contributed by atoms with E-state index in [4.69, 9.17) is 0 Å². The first kappa shape index (κ1) is 13.7. The normalized spacial score (nSPS) is 28.1. The van der Waals surface area contributed by atoms with Gasteiger partial charge in [0.05, 0.1) is 5.56 Å².